The molecule has 96 valence electrons. The first-order chi connectivity index (χ1) is 8.36. The summed E-state index contributed by atoms with van der Waals surface area (Å²) < 4.78 is 5.47. The van der Waals surface area contributed by atoms with Crippen LogP contribution in [0.3, 0.4) is 0 Å². The number of ether oxygens (including phenoxy) is 1. The Morgan fingerprint density at radius 1 is 1.12 bits per heavy atom. The van der Waals surface area contributed by atoms with E-state index in [-0.39, 0.29) is 0 Å². The molecular formula is C14H24N2O. The van der Waals surface area contributed by atoms with Crippen LogP contribution in [0.4, 0.5) is 0 Å². The van der Waals surface area contributed by atoms with Crippen molar-refractivity contribution in [2.24, 2.45) is 0 Å². The molecule has 1 aromatic rings. The number of hydrogen-bond donors (Lipinski definition) is 2. The molecule has 0 amide bonds. The van der Waals surface area contributed by atoms with Gasteiger partial charge in [0.2, 0.25) is 0 Å². The van der Waals surface area contributed by atoms with Crippen molar-refractivity contribution >= 4 is 0 Å². The lowest BCUT2D eigenvalue weighted by Gasteiger charge is -2.07. The van der Waals surface area contributed by atoms with Gasteiger partial charge in [0.05, 0.1) is 6.61 Å². The second-order valence-corrected chi connectivity index (χ2v) is 3.96. The van der Waals surface area contributed by atoms with E-state index in [1.807, 2.05) is 19.1 Å². The Hall–Kier alpha value is -1.06. The van der Waals surface area contributed by atoms with Crippen LogP contribution in [-0.2, 0) is 6.54 Å². The Bertz CT molecular complexity index is 302. The first kappa shape index (κ1) is 14.0. The Balaban J connectivity index is 2.19. The Morgan fingerprint density at radius 2 is 1.94 bits per heavy atom. The number of benzene rings is 1. The highest BCUT2D eigenvalue weighted by Crippen LogP contribution is 2.12. The van der Waals surface area contributed by atoms with Gasteiger partial charge in [-0.05, 0) is 50.7 Å². The summed E-state index contributed by atoms with van der Waals surface area (Å²) in [5.41, 5.74) is 1.28. The molecule has 0 saturated carbocycles. The van der Waals surface area contributed by atoms with Gasteiger partial charge in [0.25, 0.3) is 0 Å². The summed E-state index contributed by atoms with van der Waals surface area (Å²) in [5, 5.41) is 6.75. The molecular weight excluding hydrogens is 212 g/mol. The van der Waals surface area contributed by atoms with Crippen LogP contribution in [0.5, 0.6) is 5.75 Å². The summed E-state index contributed by atoms with van der Waals surface area (Å²) in [6.07, 6.45) is 1.17. The Morgan fingerprint density at radius 3 is 2.71 bits per heavy atom. The lowest BCUT2D eigenvalue weighted by atomic mass is 10.2. The van der Waals surface area contributed by atoms with Crippen LogP contribution in [0.15, 0.2) is 24.3 Å². The van der Waals surface area contributed by atoms with Crippen molar-refractivity contribution in [1.82, 2.24) is 10.6 Å². The van der Waals surface area contributed by atoms with Crippen molar-refractivity contribution in [2.75, 3.05) is 26.2 Å². The van der Waals surface area contributed by atoms with Gasteiger partial charge in [-0.1, -0.05) is 19.1 Å². The van der Waals surface area contributed by atoms with Crippen LogP contribution in [0.2, 0.25) is 0 Å². The van der Waals surface area contributed by atoms with Gasteiger partial charge < -0.3 is 15.4 Å². The average molecular weight is 236 g/mol. The summed E-state index contributed by atoms with van der Waals surface area (Å²) >= 11 is 0. The average Bonchev–Trinajstić information content (AvgIpc) is 2.35. The molecule has 0 unspecified atom stereocenters. The molecule has 0 spiro atoms. The quantitative estimate of drug-likeness (QED) is 0.645. The van der Waals surface area contributed by atoms with E-state index < -0.39 is 0 Å². The van der Waals surface area contributed by atoms with E-state index in [2.05, 4.69) is 29.7 Å². The molecule has 0 aliphatic carbocycles. The number of hydrogen-bond acceptors (Lipinski definition) is 3. The van der Waals surface area contributed by atoms with Gasteiger partial charge in [-0.3, -0.25) is 0 Å². The fraction of sp³-hybridized carbons (Fsp3) is 0.571. The Kier molecular flexibility index (Phi) is 7.43. The second-order valence-electron chi connectivity index (χ2n) is 3.96. The third-order valence-corrected chi connectivity index (χ3v) is 2.50. The molecule has 0 radical (unpaired) electrons. The molecule has 17 heavy (non-hydrogen) atoms. The summed E-state index contributed by atoms with van der Waals surface area (Å²) in [5.74, 6) is 0.958. The summed E-state index contributed by atoms with van der Waals surface area (Å²) in [6, 6.07) is 8.26. The molecule has 0 atom stereocenters. The normalized spacial score (nSPS) is 10.5. The van der Waals surface area contributed by atoms with Crippen LogP contribution in [0.1, 0.15) is 25.8 Å². The van der Waals surface area contributed by atoms with Crippen LogP contribution in [-0.4, -0.2) is 26.2 Å². The van der Waals surface area contributed by atoms with E-state index in [9.17, 15) is 0 Å². The molecule has 0 aliphatic rings. The van der Waals surface area contributed by atoms with Gasteiger partial charge in [-0.2, -0.15) is 0 Å². The summed E-state index contributed by atoms with van der Waals surface area (Å²) in [4.78, 5) is 0. The standard InChI is InChI=1S/C14H24N2O/c1-3-15-9-6-10-16-12-13-7-5-8-14(11-13)17-4-2/h5,7-8,11,15-16H,3-4,6,9-10,12H2,1-2H3. The molecule has 0 aliphatic heterocycles. The fourth-order valence-corrected chi connectivity index (χ4v) is 1.66. The van der Waals surface area contributed by atoms with E-state index in [4.69, 9.17) is 4.74 Å². The highest BCUT2D eigenvalue weighted by atomic mass is 16.5. The lowest BCUT2D eigenvalue weighted by molar-refractivity contribution is 0.340. The van der Waals surface area contributed by atoms with Crippen molar-refractivity contribution in [2.45, 2.75) is 26.8 Å². The van der Waals surface area contributed by atoms with E-state index in [1.54, 1.807) is 0 Å². The van der Waals surface area contributed by atoms with E-state index in [1.165, 1.54) is 12.0 Å². The number of rotatable bonds is 9. The summed E-state index contributed by atoms with van der Waals surface area (Å²) in [6.45, 7) is 8.95. The molecule has 3 heteroatoms. The van der Waals surface area contributed by atoms with Crippen LogP contribution in [0, 0.1) is 0 Å². The maximum atomic E-state index is 5.47. The zero-order valence-electron chi connectivity index (χ0n) is 11.0. The van der Waals surface area contributed by atoms with Gasteiger partial charge in [0.1, 0.15) is 5.75 Å². The number of nitrogens with one attached hydrogen (secondary N) is 2. The minimum atomic E-state index is 0.722. The first-order valence-electron chi connectivity index (χ1n) is 6.50. The highest BCUT2D eigenvalue weighted by Gasteiger charge is 1.96. The van der Waals surface area contributed by atoms with E-state index in [0.29, 0.717) is 0 Å². The zero-order valence-corrected chi connectivity index (χ0v) is 11.0. The SMILES string of the molecule is CCNCCCNCc1cccc(OCC)c1. The largest absolute Gasteiger partial charge is 0.494 e. The maximum Gasteiger partial charge on any atom is 0.119 e. The predicted molar refractivity (Wildman–Crippen MR) is 72.5 cm³/mol. The maximum absolute atomic E-state index is 5.47. The van der Waals surface area contributed by atoms with Crippen LogP contribution in [0.25, 0.3) is 0 Å². The van der Waals surface area contributed by atoms with Gasteiger partial charge >= 0.3 is 0 Å². The molecule has 1 aromatic carbocycles. The third kappa shape index (κ3) is 6.29. The molecule has 0 heterocycles. The van der Waals surface area contributed by atoms with Crippen molar-refractivity contribution in [3.05, 3.63) is 29.8 Å². The van der Waals surface area contributed by atoms with Crippen molar-refractivity contribution < 1.29 is 4.74 Å². The molecule has 0 aromatic heterocycles. The van der Waals surface area contributed by atoms with Crippen molar-refractivity contribution in [3.63, 3.8) is 0 Å². The van der Waals surface area contributed by atoms with E-state index >= 15 is 0 Å². The highest BCUT2D eigenvalue weighted by molar-refractivity contribution is 5.28. The fourth-order valence-electron chi connectivity index (χ4n) is 1.66. The van der Waals surface area contributed by atoms with Crippen molar-refractivity contribution in [3.8, 4) is 5.75 Å². The molecule has 1 rings (SSSR count). The molecule has 3 nitrogen and oxygen atoms in total. The smallest absolute Gasteiger partial charge is 0.119 e. The predicted octanol–water partition coefficient (Wildman–Crippen LogP) is 2.17. The molecule has 0 saturated heterocycles. The lowest BCUT2D eigenvalue weighted by Crippen LogP contribution is -2.21. The van der Waals surface area contributed by atoms with Gasteiger partial charge in [0.15, 0.2) is 0 Å². The molecule has 0 bridgehead atoms. The van der Waals surface area contributed by atoms with E-state index in [0.717, 1.165) is 38.5 Å². The van der Waals surface area contributed by atoms with Gasteiger partial charge in [-0.25, -0.2) is 0 Å². The van der Waals surface area contributed by atoms with Crippen molar-refractivity contribution in [1.29, 1.82) is 0 Å². The molecule has 0 fully saturated rings. The van der Waals surface area contributed by atoms with Gasteiger partial charge in [-0.15, -0.1) is 0 Å². The zero-order chi connectivity index (χ0) is 12.3. The van der Waals surface area contributed by atoms with Crippen LogP contribution < -0.4 is 15.4 Å². The third-order valence-electron chi connectivity index (χ3n) is 2.50. The monoisotopic (exact) mass is 236 g/mol. The van der Waals surface area contributed by atoms with Gasteiger partial charge in [0, 0.05) is 6.54 Å². The minimum absolute atomic E-state index is 0.722. The topological polar surface area (TPSA) is 33.3 Å². The second kappa shape index (κ2) is 9.02. The Labute approximate surface area is 105 Å². The minimum Gasteiger partial charge on any atom is -0.494 e. The first-order valence-corrected chi connectivity index (χ1v) is 6.50. The van der Waals surface area contributed by atoms with Crippen LogP contribution >= 0.6 is 0 Å². The summed E-state index contributed by atoms with van der Waals surface area (Å²) in [7, 11) is 0. The molecule has 2 N–H and O–H groups in total.